The Bertz CT molecular complexity index is 390. The molecule has 0 aliphatic heterocycles. The van der Waals surface area contributed by atoms with Gasteiger partial charge in [-0.05, 0) is 11.8 Å². The maximum Gasteiger partial charge on any atom is 0.247 e. The number of primary amides is 1. The molecule has 0 aliphatic carbocycles. The van der Waals surface area contributed by atoms with E-state index in [9.17, 15) is 19.6 Å². The predicted molar refractivity (Wildman–Crippen MR) is 78.2 cm³/mol. The van der Waals surface area contributed by atoms with Gasteiger partial charge >= 0.3 is 0 Å². The first-order valence-corrected chi connectivity index (χ1v) is 7.08. The van der Waals surface area contributed by atoms with Crippen LogP contribution in [0.2, 0.25) is 0 Å². The number of nitrogens with one attached hydrogen (secondary N) is 1. The molecule has 0 aliphatic rings. The van der Waals surface area contributed by atoms with Crippen molar-refractivity contribution in [1.29, 1.82) is 0 Å². The van der Waals surface area contributed by atoms with Gasteiger partial charge in [-0.15, -0.1) is 0 Å². The maximum absolute atomic E-state index is 12.1. The van der Waals surface area contributed by atoms with Crippen LogP contribution in [0, 0.1) is 11.3 Å². The van der Waals surface area contributed by atoms with Crippen molar-refractivity contribution in [2.45, 2.75) is 53.0 Å². The molecule has 0 radical (unpaired) electrons. The predicted octanol–water partition coefficient (Wildman–Crippen LogP) is 0.657. The van der Waals surface area contributed by atoms with Gasteiger partial charge < -0.3 is 11.1 Å². The molecule has 0 aromatic carbocycles. The highest BCUT2D eigenvalue weighted by molar-refractivity contribution is 5.89. The van der Waals surface area contributed by atoms with Crippen LogP contribution in [0.3, 0.4) is 0 Å². The molecule has 0 heterocycles. The molecule has 0 aromatic rings. The van der Waals surface area contributed by atoms with E-state index in [4.69, 9.17) is 5.73 Å². The van der Waals surface area contributed by atoms with Crippen molar-refractivity contribution >= 4 is 17.7 Å². The summed E-state index contributed by atoms with van der Waals surface area (Å²) < 4.78 is 0. The molecule has 122 valence electrons. The summed E-state index contributed by atoms with van der Waals surface area (Å²) in [5.41, 5.74) is 4.59. The average molecular weight is 301 g/mol. The van der Waals surface area contributed by atoms with Crippen LogP contribution >= 0.6 is 0 Å². The van der Waals surface area contributed by atoms with E-state index in [2.05, 4.69) is 5.32 Å². The van der Waals surface area contributed by atoms with E-state index in [1.165, 1.54) is 7.05 Å². The number of nitrogens with two attached hydrogens (primary N) is 1. The third-order valence-corrected chi connectivity index (χ3v) is 3.28. The van der Waals surface area contributed by atoms with E-state index in [0.717, 1.165) is 0 Å². The fourth-order valence-corrected chi connectivity index (χ4v) is 2.15. The summed E-state index contributed by atoms with van der Waals surface area (Å²) in [5.74, 6) is -2.37. The number of amides is 3. The van der Waals surface area contributed by atoms with Crippen molar-refractivity contribution in [1.82, 2.24) is 10.4 Å². The Balaban J connectivity index is 5.09. The zero-order valence-corrected chi connectivity index (χ0v) is 13.5. The van der Waals surface area contributed by atoms with Gasteiger partial charge in [0.05, 0.1) is 0 Å². The third kappa shape index (κ3) is 5.71. The maximum atomic E-state index is 12.1. The van der Waals surface area contributed by atoms with Crippen LogP contribution in [-0.2, 0) is 14.4 Å². The van der Waals surface area contributed by atoms with E-state index in [1.807, 2.05) is 6.92 Å². The van der Waals surface area contributed by atoms with Gasteiger partial charge in [0.2, 0.25) is 17.7 Å². The molecular weight excluding hydrogens is 274 g/mol. The molecule has 0 saturated heterocycles. The normalized spacial score (nSPS) is 14.2. The summed E-state index contributed by atoms with van der Waals surface area (Å²) in [6.07, 6.45) is 0.961. The van der Waals surface area contributed by atoms with Gasteiger partial charge in [0.25, 0.3) is 0 Å². The Labute approximate surface area is 125 Å². The summed E-state index contributed by atoms with van der Waals surface area (Å²) in [5, 5.41) is 12.9. The average Bonchev–Trinajstić information content (AvgIpc) is 2.35. The minimum Gasteiger partial charge on any atom is -0.369 e. The molecule has 4 N–H and O–H groups in total. The Morgan fingerprint density at radius 2 is 1.81 bits per heavy atom. The molecule has 1 unspecified atom stereocenters. The number of hydroxylamine groups is 2. The lowest BCUT2D eigenvalue weighted by molar-refractivity contribution is -0.190. The molecule has 7 heteroatoms. The second-order valence-corrected chi connectivity index (χ2v) is 6.21. The molecule has 0 fully saturated rings. The van der Waals surface area contributed by atoms with Crippen molar-refractivity contribution in [3.8, 4) is 0 Å². The van der Waals surface area contributed by atoms with Crippen LogP contribution in [0.4, 0.5) is 0 Å². The van der Waals surface area contributed by atoms with Crippen molar-refractivity contribution in [3.05, 3.63) is 0 Å². The molecular formula is C14H27N3O4. The number of rotatable bonds is 7. The van der Waals surface area contributed by atoms with Crippen LogP contribution < -0.4 is 11.1 Å². The smallest absolute Gasteiger partial charge is 0.247 e. The quantitative estimate of drug-likeness (QED) is 0.473. The SMILES string of the molecule is CCCC(CC(=O)N(O)[C@H](C(=O)NC)C(C)(C)C)C(N)=O. The minimum absolute atomic E-state index is 0.205. The van der Waals surface area contributed by atoms with Crippen molar-refractivity contribution in [2.75, 3.05) is 7.05 Å². The molecule has 0 aromatic heterocycles. The number of hydrogen-bond donors (Lipinski definition) is 3. The summed E-state index contributed by atoms with van der Waals surface area (Å²) in [6, 6.07) is -1.04. The summed E-state index contributed by atoms with van der Waals surface area (Å²) in [4.78, 5) is 35.3. The van der Waals surface area contributed by atoms with Gasteiger partial charge in [-0.25, -0.2) is 5.06 Å². The fraction of sp³-hybridized carbons (Fsp3) is 0.786. The topological polar surface area (TPSA) is 113 Å². The first kappa shape index (κ1) is 19.4. The van der Waals surface area contributed by atoms with Crippen LogP contribution in [0.5, 0.6) is 0 Å². The largest absolute Gasteiger partial charge is 0.369 e. The Morgan fingerprint density at radius 1 is 1.29 bits per heavy atom. The zero-order valence-electron chi connectivity index (χ0n) is 13.5. The van der Waals surface area contributed by atoms with Gasteiger partial charge in [-0.1, -0.05) is 34.1 Å². The molecule has 3 amide bonds. The van der Waals surface area contributed by atoms with E-state index in [1.54, 1.807) is 20.8 Å². The van der Waals surface area contributed by atoms with Crippen molar-refractivity contribution in [2.24, 2.45) is 17.1 Å². The first-order valence-electron chi connectivity index (χ1n) is 7.08. The number of likely N-dealkylation sites (N-methyl/N-ethyl adjacent to an activating group) is 1. The van der Waals surface area contributed by atoms with E-state index in [-0.39, 0.29) is 6.42 Å². The van der Waals surface area contributed by atoms with Gasteiger partial charge in [0.15, 0.2) is 0 Å². The lowest BCUT2D eigenvalue weighted by atomic mass is 9.85. The second kappa shape index (κ2) is 7.97. The number of hydrogen-bond acceptors (Lipinski definition) is 4. The standard InChI is InChI=1S/C14H27N3O4/c1-6-7-9(12(15)19)8-10(18)17(21)11(13(20)16-5)14(2,3)4/h9,11,21H,6-8H2,1-5H3,(H2,15,19)(H,16,20)/t9?,11-/m1/s1. The highest BCUT2D eigenvalue weighted by Gasteiger charge is 2.39. The van der Waals surface area contributed by atoms with Crippen LogP contribution in [-0.4, -0.2) is 41.1 Å². The zero-order chi connectivity index (χ0) is 16.8. The number of carbonyl (C=O) groups is 3. The van der Waals surface area contributed by atoms with Gasteiger partial charge in [-0.2, -0.15) is 0 Å². The Kier molecular flexibility index (Phi) is 7.35. The number of nitrogens with zero attached hydrogens (tertiary/aromatic N) is 1. The molecule has 0 bridgehead atoms. The third-order valence-electron chi connectivity index (χ3n) is 3.28. The molecule has 7 nitrogen and oxygen atoms in total. The van der Waals surface area contributed by atoms with Crippen LogP contribution in [0.1, 0.15) is 47.0 Å². The molecule has 21 heavy (non-hydrogen) atoms. The van der Waals surface area contributed by atoms with E-state index in [0.29, 0.717) is 17.9 Å². The minimum atomic E-state index is -1.04. The Hall–Kier alpha value is -1.63. The van der Waals surface area contributed by atoms with Crippen LogP contribution in [0.15, 0.2) is 0 Å². The number of carbonyl (C=O) groups excluding carboxylic acids is 3. The van der Waals surface area contributed by atoms with E-state index >= 15 is 0 Å². The van der Waals surface area contributed by atoms with Gasteiger partial charge in [0.1, 0.15) is 6.04 Å². The molecule has 2 atom stereocenters. The fourth-order valence-electron chi connectivity index (χ4n) is 2.15. The lowest BCUT2D eigenvalue weighted by Gasteiger charge is -2.34. The summed E-state index contributed by atoms with van der Waals surface area (Å²) in [6.45, 7) is 7.09. The highest BCUT2D eigenvalue weighted by atomic mass is 16.5. The molecule has 0 rings (SSSR count). The van der Waals surface area contributed by atoms with Gasteiger partial charge in [-0.3, -0.25) is 19.6 Å². The monoisotopic (exact) mass is 301 g/mol. The van der Waals surface area contributed by atoms with E-state index < -0.39 is 35.1 Å². The summed E-state index contributed by atoms with van der Waals surface area (Å²) in [7, 11) is 1.43. The highest BCUT2D eigenvalue weighted by Crippen LogP contribution is 2.25. The first-order chi connectivity index (χ1) is 9.56. The van der Waals surface area contributed by atoms with Crippen LogP contribution in [0.25, 0.3) is 0 Å². The molecule has 0 spiro atoms. The lowest BCUT2D eigenvalue weighted by Crippen LogP contribution is -2.54. The van der Waals surface area contributed by atoms with Crippen molar-refractivity contribution in [3.63, 3.8) is 0 Å². The van der Waals surface area contributed by atoms with Crippen molar-refractivity contribution < 1.29 is 19.6 Å². The Morgan fingerprint density at radius 3 is 2.14 bits per heavy atom. The second-order valence-electron chi connectivity index (χ2n) is 6.21. The van der Waals surface area contributed by atoms with Gasteiger partial charge in [0, 0.05) is 19.4 Å². The summed E-state index contributed by atoms with van der Waals surface area (Å²) >= 11 is 0. The molecule has 0 saturated carbocycles.